The summed E-state index contributed by atoms with van der Waals surface area (Å²) in [6.07, 6.45) is 2.04. The van der Waals surface area contributed by atoms with E-state index in [1.807, 2.05) is 22.9 Å². The molecule has 0 atom stereocenters. The van der Waals surface area contributed by atoms with E-state index in [1.54, 1.807) is 11.8 Å². The number of nitrogens with zero attached hydrogens (tertiary/aromatic N) is 2. The van der Waals surface area contributed by atoms with Gasteiger partial charge in [-0.05, 0) is 47.0 Å². The molecule has 62 valence electrons. The molecule has 2 nitrogen and oxygen atoms in total. The van der Waals surface area contributed by atoms with Crippen molar-refractivity contribution in [2.24, 2.45) is 0 Å². The molecule has 2 heterocycles. The van der Waals surface area contributed by atoms with Gasteiger partial charge < -0.3 is 0 Å². The van der Waals surface area contributed by atoms with Crippen molar-refractivity contribution < 1.29 is 0 Å². The zero-order chi connectivity index (χ0) is 8.55. The Morgan fingerprint density at radius 2 is 2.33 bits per heavy atom. The standard InChI is InChI=1S/C8H7IN2S/c1-12-8-5-6-3-2-4-7(9)11(6)10-8/h2-5H,1H3. The first kappa shape index (κ1) is 8.37. The third-order valence-corrected chi connectivity index (χ3v) is 3.06. The van der Waals surface area contributed by atoms with Gasteiger partial charge in [-0.3, -0.25) is 0 Å². The minimum atomic E-state index is 1.07. The summed E-state index contributed by atoms with van der Waals surface area (Å²) in [5, 5.41) is 5.47. The Bertz CT molecular complexity index is 410. The Labute approximate surface area is 88.5 Å². The van der Waals surface area contributed by atoms with Crippen molar-refractivity contribution in [2.75, 3.05) is 6.26 Å². The molecular weight excluding hydrogens is 283 g/mol. The van der Waals surface area contributed by atoms with E-state index in [1.165, 1.54) is 0 Å². The first-order chi connectivity index (χ1) is 5.81. The lowest BCUT2D eigenvalue weighted by Crippen LogP contribution is -1.90. The minimum absolute atomic E-state index is 1.07. The SMILES string of the molecule is CSc1cc2cccc(I)n2n1. The third-order valence-electron chi connectivity index (χ3n) is 1.63. The van der Waals surface area contributed by atoms with Gasteiger partial charge in [0.15, 0.2) is 0 Å². The molecule has 0 aliphatic carbocycles. The molecule has 12 heavy (non-hydrogen) atoms. The van der Waals surface area contributed by atoms with Crippen LogP contribution in [0.25, 0.3) is 5.52 Å². The van der Waals surface area contributed by atoms with Crippen LogP contribution in [0.4, 0.5) is 0 Å². The number of hydrogen-bond donors (Lipinski definition) is 0. The number of halogens is 1. The van der Waals surface area contributed by atoms with Gasteiger partial charge in [0.25, 0.3) is 0 Å². The van der Waals surface area contributed by atoms with Crippen LogP contribution in [0.1, 0.15) is 0 Å². The Morgan fingerprint density at radius 3 is 3.00 bits per heavy atom. The van der Waals surface area contributed by atoms with Crippen LogP contribution in [-0.2, 0) is 0 Å². The maximum Gasteiger partial charge on any atom is 0.119 e. The topological polar surface area (TPSA) is 17.3 Å². The quantitative estimate of drug-likeness (QED) is 0.456. The summed E-state index contributed by atoms with van der Waals surface area (Å²) in [7, 11) is 0. The number of rotatable bonds is 1. The van der Waals surface area contributed by atoms with Crippen molar-refractivity contribution in [2.45, 2.75) is 5.03 Å². The van der Waals surface area contributed by atoms with Gasteiger partial charge in [-0.25, -0.2) is 4.52 Å². The van der Waals surface area contributed by atoms with Gasteiger partial charge in [-0.15, -0.1) is 11.8 Å². The maximum absolute atomic E-state index is 4.40. The van der Waals surface area contributed by atoms with E-state index in [4.69, 9.17) is 0 Å². The van der Waals surface area contributed by atoms with Crippen LogP contribution in [-0.4, -0.2) is 15.9 Å². The lowest BCUT2D eigenvalue weighted by molar-refractivity contribution is 0.879. The van der Waals surface area contributed by atoms with Gasteiger partial charge in [0.05, 0.1) is 5.52 Å². The van der Waals surface area contributed by atoms with Crippen LogP contribution in [0.15, 0.2) is 29.3 Å². The summed E-state index contributed by atoms with van der Waals surface area (Å²) < 4.78 is 3.09. The van der Waals surface area contributed by atoms with Crippen LogP contribution in [0, 0.1) is 3.70 Å². The summed E-state index contributed by atoms with van der Waals surface area (Å²) in [5.74, 6) is 0. The maximum atomic E-state index is 4.40. The van der Waals surface area contributed by atoms with Gasteiger partial charge in [-0.2, -0.15) is 5.10 Å². The molecule has 2 rings (SSSR count). The fourth-order valence-electron chi connectivity index (χ4n) is 1.06. The zero-order valence-electron chi connectivity index (χ0n) is 6.49. The van der Waals surface area contributed by atoms with Crippen LogP contribution < -0.4 is 0 Å². The van der Waals surface area contributed by atoms with Crippen molar-refractivity contribution in [3.8, 4) is 0 Å². The van der Waals surface area contributed by atoms with E-state index in [9.17, 15) is 0 Å². The molecule has 2 aromatic heterocycles. The van der Waals surface area contributed by atoms with Gasteiger partial charge in [-0.1, -0.05) is 6.07 Å². The zero-order valence-corrected chi connectivity index (χ0v) is 9.46. The van der Waals surface area contributed by atoms with E-state index in [0.29, 0.717) is 0 Å². The molecule has 0 unspecified atom stereocenters. The summed E-state index contributed by atoms with van der Waals surface area (Å²) in [6, 6.07) is 8.25. The van der Waals surface area contributed by atoms with Crippen molar-refractivity contribution in [1.82, 2.24) is 9.61 Å². The Balaban J connectivity index is 2.74. The van der Waals surface area contributed by atoms with E-state index in [2.05, 4.69) is 39.8 Å². The Kier molecular flexibility index (Phi) is 2.27. The normalized spacial score (nSPS) is 10.8. The van der Waals surface area contributed by atoms with Crippen LogP contribution in [0.5, 0.6) is 0 Å². The fourth-order valence-corrected chi connectivity index (χ4v) is 2.05. The van der Waals surface area contributed by atoms with Crippen LogP contribution in [0.3, 0.4) is 0 Å². The largest absolute Gasteiger partial charge is 0.226 e. The smallest absolute Gasteiger partial charge is 0.119 e. The lowest BCUT2D eigenvalue weighted by atomic mass is 10.4. The number of hydrogen-bond acceptors (Lipinski definition) is 2. The molecule has 0 spiro atoms. The van der Waals surface area contributed by atoms with Crippen LogP contribution >= 0.6 is 34.4 Å². The average Bonchev–Trinajstić information content (AvgIpc) is 2.49. The predicted octanol–water partition coefficient (Wildman–Crippen LogP) is 2.66. The highest BCUT2D eigenvalue weighted by atomic mass is 127. The summed E-state index contributed by atoms with van der Waals surface area (Å²) >= 11 is 3.95. The second-order valence-electron chi connectivity index (χ2n) is 2.37. The van der Waals surface area contributed by atoms with Crippen molar-refractivity contribution in [1.29, 1.82) is 0 Å². The van der Waals surface area contributed by atoms with E-state index >= 15 is 0 Å². The van der Waals surface area contributed by atoms with E-state index in [-0.39, 0.29) is 0 Å². The first-order valence-corrected chi connectivity index (χ1v) is 5.80. The van der Waals surface area contributed by atoms with Gasteiger partial charge in [0.1, 0.15) is 8.73 Å². The third kappa shape index (κ3) is 1.33. The fraction of sp³-hybridized carbons (Fsp3) is 0.125. The summed E-state index contributed by atoms with van der Waals surface area (Å²) in [4.78, 5) is 0. The molecule has 0 saturated carbocycles. The average molecular weight is 290 g/mol. The number of aromatic nitrogens is 2. The summed E-state index contributed by atoms with van der Waals surface area (Å²) in [5.41, 5.74) is 1.16. The minimum Gasteiger partial charge on any atom is -0.226 e. The highest BCUT2D eigenvalue weighted by molar-refractivity contribution is 14.1. The molecule has 0 N–H and O–H groups in total. The second kappa shape index (κ2) is 3.26. The van der Waals surface area contributed by atoms with E-state index < -0.39 is 0 Å². The molecule has 0 radical (unpaired) electrons. The van der Waals surface area contributed by atoms with E-state index in [0.717, 1.165) is 14.2 Å². The van der Waals surface area contributed by atoms with Crippen molar-refractivity contribution in [3.05, 3.63) is 28.0 Å². The Hall–Kier alpha value is -0.230. The number of fused-ring (bicyclic) bond motifs is 1. The molecule has 0 bridgehead atoms. The van der Waals surface area contributed by atoms with Crippen molar-refractivity contribution >= 4 is 39.9 Å². The first-order valence-electron chi connectivity index (χ1n) is 3.49. The molecular formula is C8H7IN2S. The van der Waals surface area contributed by atoms with Gasteiger partial charge in [0, 0.05) is 0 Å². The monoisotopic (exact) mass is 290 g/mol. The molecule has 0 fully saturated rings. The predicted molar refractivity (Wildman–Crippen MR) is 59.7 cm³/mol. The highest BCUT2D eigenvalue weighted by Gasteiger charge is 2.01. The Morgan fingerprint density at radius 1 is 1.50 bits per heavy atom. The molecule has 0 saturated heterocycles. The number of thioether (sulfide) groups is 1. The van der Waals surface area contributed by atoms with Gasteiger partial charge in [0.2, 0.25) is 0 Å². The second-order valence-corrected chi connectivity index (χ2v) is 4.30. The van der Waals surface area contributed by atoms with Crippen molar-refractivity contribution in [3.63, 3.8) is 0 Å². The molecule has 0 aromatic carbocycles. The highest BCUT2D eigenvalue weighted by Crippen LogP contribution is 2.17. The molecule has 0 amide bonds. The molecule has 0 aliphatic heterocycles. The summed E-state index contributed by atoms with van der Waals surface area (Å²) in [6.45, 7) is 0. The lowest BCUT2D eigenvalue weighted by Gasteiger charge is -1.93. The van der Waals surface area contributed by atoms with Crippen LogP contribution in [0.2, 0.25) is 0 Å². The molecule has 0 aliphatic rings. The number of pyridine rings is 1. The molecule has 2 aromatic rings. The van der Waals surface area contributed by atoms with Gasteiger partial charge >= 0.3 is 0 Å². The molecule has 4 heteroatoms.